The van der Waals surface area contributed by atoms with Crippen LogP contribution in [0.3, 0.4) is 0 Å². The number of nitrogens with one attached hydrogen (secondary N) is 1. The first-order chi connectivity index (χ1) is 13.0. The van der Waals surface area contributed by atoms with Crippen LogP contribution in [0, 0.1) is 31.6 Å². The third-order valence-corrected chi connectivity index (χ3v) is 6.53. The number of hydrogen-bond donors (Lipinski definition) is 1. The van der Waals surface area contributed by atoms with Gasteiger partial charge in [0.05, 0.1) is 12.5 Å². The van der Waals surface area contributed by atoms with Gasteiger partial charge in [-0.25, -0.2) is 9.67 Å². The maximum atomic E-state index is 12.9. The topological polar surface area (TPSA) is 59.8 Å². The Morgan fingerprint density at radius 1 is 1.19 bits per heavy atom. The molecule has 1 N–H and O–H groups in total. The highest BCUT2D eigenvalue weighted by Crippen LogP contribution is 2.54. The zero-order valence-electron chi connectivity index (χ0n) is 16.6. The van der Waals surface area contributed by atoms with Crippen LogP contribution in [0.2, 0.25) is 0 Å². The molecule has 2 saturated carbocycles. The molecule has 0 unspecified atom stereocenters. The van der Waals surface area contributed by atoms with E-state index in [2.05, 4.69) is 45.7 Å². The van der Waals surface area contributed by atoms with Crippen LogP contribution in [0.25, 0.3) is 0 Å². The van der Waals surface area contributed by atoms with Gasteiger partial charge < -0.3 is 5.32 Å². The Kier molecular flexibility index (Phi) is 5.02. The summed E-state index contributed by atoms with van der Waals surface area (Å²) in [7, 11) is 0. The van der Waals surface area contributed by atoms with Gasteiger partial charge in [-0.15, -0.1) is 0 Å². The van der Waals surface area contributed by atoms with E-state index in [1.807, 2.05) is 25.5 Å². The number of rotatable bonds is 5. The molecule has 27 heavy (non-hydrogen) atoms. The quantitative estimate of drug-likeness (QED) is 0.879. The third-order valence-electron chi connectivity index (χ3n) is 6.53. The Labute approximate surface area is 161 Å². The summed E-state index contributed by atoms with van der Waals surface area (Å²) in [5.41, 5.74) is 1.38. The van der Waals surface area contributed by atoms with Crippen molar-refractivity contribution in [3.05, 3.63) is 47.5 Å². The minimum absolute atomic E-state index is 0.121. The number of carbonyl (C=O) groups excluding carboxylic acids is 1. The number of benzene rings is 1. The van der Waals surface area contributed by atoms with Crippen LogP contribution in [-0.2, 0) is 11.3 Å². The maximum absolute atomic E-state index is 12.9. The number of aryl methyl sites for hydroxylation is 2. The molecule has 2 aliphatic rings. The van der Waals surface area contributed by atoms with Crippen molar-refractivity contribution in [1.29, 1.82) is 0 Å². The summed E-state index contributed by atoms with van der Waals surface area (Å²) in [5.74, 6) is 3.46. The second kappa shape index (κ2) is 7.45. The lowest BCUT2D eigenvalue weighted by atomic mass is 9.53. The molecule has 1 heterocycles. The lowest BCUT2D eigenvalue weighted by Gasteiger charge is -2.55. The molecule has 1 aromatic carbocycles. The summed E-state index contributed by atoms with van der Waals surface area (Å²) in [5, 5.41) is 7.81. The van der Waals surface area contributed by atoms with Gasteiger partial charge >= 0.3 is 0 Å². The molecule has 4 rings (SSSR count). The van der Waals surface area contributed by atoms with Crippen molar-refractivity contribution in [2.45, 2.75) is 65.0 Å². The van der Waals surface area contributed by atoms with Crippen LogP contribution in [-0.4, -0.2) is 26.7 Å². The molecule has 0 saturated heterocycles. The van der Waals surface area contributed by atoms with Crippen molar-refractivity contribution in [3.8, 4) is 0 Å². The second-order valence-electron chi connectivity index (χ2n) is 8.37. The highest BCUT2D eigenvalue weighted by atomic mass is 16.2. The molecule has 0 aliphatic heterocycles. The monoisotopic (exact) mass is 366 g/mol. The average molecular weight is 367 g/mol. The van der Waals surface area contributed by atoms with Crippen LogP contribution in [0.5, 0.6) is 0 Å². The van der Waals surface area contributed by atoms with Crippen molar-refractivity contribution in [1.82, 2.24) is 20.1 Å². The van der Waals surface area contributed by atoms with Gasteiger partial charge in [0.25, 0.3) is 0 Å². The van der Waals surface area contributed by atoms with E-state index in [-0.39, 0.29) is 17.9 Å². The molecule has 1 aromatic heterocycles. The Balaban J connectivity index is 1.46. The zero-order chi connectivity index (χ0) is 19.0. The van der Waals surface area contributed by atoms with Gasteiger partial charge in [0, 0.05) is 12.0 Å². The first-order valence-corrected chi connectivity index (χ1v) is 10.3. The summed E-state index contributed by atoms with van der Waals surface area (Å²) in [6.45, 7) is 6.39. The van der Waals surface area contributed by atoms with Gasteiger partial charge in [-0.2, -0.15) is 5.10 Å². The molecular weight excluding hydrogens is 336 g/mol. The molecule has 0 radical (unpaired) electrons. The van der Waals surface area contributed by atoms with Gasteiger partial charge in [-0.3, -0.25) is 4.79 Å². The summed E-state index contributed by atoms with van der Waals surface area (Å²) >= 11 is 0. The van der Waals surface area contributed by atoms with E-state index < -0.39 is 0 Å². The van der Waals surface area contributed by atoms with Gasteiger partial charge in [0.2, 0.25) is 5.91 Å². The summed E-state index contributed by atoms with van der Waals surface area (Å²) in [4.78, 5) is 17.3. The molecule has 0 spiro atoms. The number of aromatic nitrogens is 3. The van der Waals surface area contributed by atoms with Crippen molar-refractivity contribution < 1.29 is 4.79 Å². The van der Waals surface area contributed by atoms with Crippen LogP contribution in [0.1, 0.15) is 55.7 Å². The van der Waals surface area contributed by atoms with Crippen LogP contribution < -0.4 is 5.32 Å². The summed E-state index contributed by atoms with van der Waals surface area (Å²) in [6.07, 6.45) is 5.16. The number of nitrogens with zero attached hydrogens (tertiary/aromatic N) is 3. The van der Waals surface area contributed by atoms with Crippen LogP contribution in [0.15, 0.2) is 30.3 Å². The fourth-order valence-electron chi connectivity index (χ4n) is 5.18. The van der Waals surface area contributed by atoms with Crippen LogP contribution in [0.4, 0.5) is 0 Å². The Bertz CT molecular complexity index is 800. The van der Waals surface area contributed by atoms with Gasteiger partial charge in [0.1, 0.15) is 11.6 Å². The van der Waals surface area contributed by atoms with Crippen molar-refractivity contribution in [2.24, 2.45) is 17.8 Å². The molecule has 5 nitrogen and oxygen atoms in total. The van der Waals surface area contributed by atoms with Crippen molar-refractivity contribution in [3.63, 3.8) is 0 Å². The van der Waals surface area contributed by atoms with Crippen molar-refractivity contribution in [2.75, 3.05) is 0 Å². The maximum Gasteiger partial charge on any atom is 0.224 e. The van der Waals surface area contributed by atoms with E-state index in [4.69, 9.17) is 0 Å². The smallest absolute Gasteiger partial charge is 0.224 e. The molecule has 5 atom stereocenters. The van der Waals surface area contributed by atoms with E-state index in [0.29, 0.717) is 18.4 Å². The lowest BCUT2D eigenvalue weighted by Crippen LogP contribution is -2.60. The predicted octanol–water partition coefficient (Wildman–Crippen LogP) is 3.62. The second-order valence-corrected chi connectivity index (χ2v) is 8.37. The molecule has 2 aliphatic carbocycles. The highest BCUT2D eigenvalue weighted by Gasteiger charge is 2.51. The number of amides is 1. The molecule has 0 bridgehead atoms. The number of hydrogen-bond acceptors (Lipinski definition) is 3. The largest absolute Gasteiger partial charge is 0.352 e. The first-order valence-electron chi connectivity index (χ1n) is 10.3. The van der Waals surface area contributed by atoms with Gasteiger partial charge in [0.15, 0.2) is 0 Å². The fourth-order valence-corrected chi connectivity index (χ4v) is 5.18. The Morgan fingerprint density at radius 3 is 2.56 bits per heavy atom. The number of fused-ring (bicyclic) bond motifs is 1. The summed E-state index contributed by atoms with van der Waals surface area (Å²) < 4.78 is 1.85. The Morgan fingerprint density at radius 2 is 1.89 bits per heavy atom. The molecule has 2 aromatic rings. The molecule has 1 amide bonds. The Hall–Kier alpha value is -2.17. The standard InChI is InChI=1S/C22H30N4O/c1-14(13-26-16(3)23-15(2)25-26)22(27)24-21-19-12-8-7-11-18(19)20(21)17-9-5-4-6-10-17/h4-6,9-10,14,18-21H,7-8,11-13H2,1-3H3,(H,24,27)/t14-,18-,19+,20-,21-/m0/s1. The molecular formula is C22H30N4O. The normalized spacial score (nSPS) is 28.1. The lowest BCUT2D eigenvalue weighted by molar-refractivity contribution is -0.128. The zero-order valence-corrected chi connectivity index (χ0v) is 16.6. The van der Waals surface area contributed by atoms with E-state index >= 15 is 0 Å². The first kappa shape index (κ1) is 18.2. The summed E-state index contributed by atoms with van der Waals surface area (Å²) in [6, 6.07) is 11.0. The third kappa shape index (κ3) is 3.52. The fraction of sp³-hybridized carbons (Fsp3) is 0.591. The van der Waals surface area contributed by atoms with Crippen molar-refractivity contribution >= 4 is 5.91 Å². The van der Waals surface area contributed by atoms with Gasteiger partial charge in [-0.1, -0.05) is 50.1 Å². The molecule has 2 fully saturated rings. The average Bonchev–Trinajstić information content (AvgIpc) is 2.97. The van der Waals surface area contributed by atoms with E-state index in [1.165, 1.54) is 31.2 Å². The minimum atomic E-state index is -0.121. The SMILES string of the molecule is Cc1nc(C)n(C[C@H](C)C(=O)N[C@H]2[C@@H]3CCCC[C@@H]3[C@@H]2c2ccccc2)n1. The van der Waals surface area contributed by atoms with E-state index in [9.17, 15) is 4.79 Å². The minimum Gasteiger partial charge on any atom is -0.352 e. The number of carbonyl (C=O) groups is 1. The van der Waals surface area contributed by atoms with Gasteiger partial charge in [-0.05, 0) is 44.1 Å². The highest BCUT2D eigenvalue weighted by molar-refractivity contribution is 5.79. The van der Waals surface area contributed by atoms with E-state index in [0.717, 1.165) is 17.6 Å². The van der Waals surface area contributed by atoms with E-state index in [1.54, 1.807) is 0 Å². The molecule has 144 valence electrons. The predicted molar refractivity (Wildman–Crippen MR) is 105 cm³/mol. The molecule has 5 heteroatoms. The van der Waals surface area contributed by atoms with Crippen LogP contribution >= 0.6 is 0 Å².